The molecule has 3 heterocycles. The molecule has 0 aliphatic carbocycles. The number of nitrogens with zero attached hydrogens (tertiary/aromatic N) is 2. The molecule has 2 N–H and O–H groups in total. The molecule has 9 nitrogen and oxygen atoms in total. The smallest absolute Gasteiger partial charge is 0.319 e. The number of amides is 3. The number of morpholine rings is 1. The molecule has 0 aromatic heterocycles. The number of hydrogen-bond acceptors (Lipinski definition) is 6. The lowest BCUT2D eigenvalue weighted by molar-refractivity contribution is -0.119. The number of nitrogens with one attached hydrogen (secondary N) is 2. The summed E-state index contributed by atoms with van der Waals surface area (Å²) in [5, 5.41) is 5.96. The van der Waals surface area contributed by atoms with Crippen molar-refractivity contribution in [1.82, 2.24) is 10.2 Å². The number of rotatable bonds is 7. The van der Waals surface area contributed by atoms with Crippen LogP contribution in [0.1, 0.15) is 25.7 Å². The lowest BCUT2D eigenvalue weighted by Gasteiger charge is -2.37. The molecule has 0 unspecified atom stereocenters. The Morgan fingerprint density at radius 1 is 1.19 bits per heavy atom. The van der Waals surface area contributed by atoms with Crippen molar-refractivity contribution >= 4 is 23.3 Å². The maximum absolute atomic E-state index is 12.7. The van der Waals surface area contributed by atoms with Crippen LogP contribution >= 0.6 is 0 Å². The van der Waals surface area contributed by atoms with Gasteiger partial charge in [-0.3, -0.25) is 9.69 Å². The Morgan fingerprint density at radius 3 is 2.75 bits per heavy atom. The lowest BCUT2D eigenvalue weighted by Crippen LogP contribution is -2.52. The highest BCUT2D eigenvalue weighted by atomic mass is 16.5. The predicted molar refractivity (Wildman–Crippen MR) is 121 cm³/mol. The van der Waals surface area contributed by atoms with Gasteiger partial charge in [-0.05, 0) is 37.5 Å². The van der Waals surface area contributed by atoms with E-state index in [9.17, 15) is 9.59 Å². The molecule has 3 aliphatic rings. The van der Waals surface area contributed by atoms with Crippen molar-refractivity contribution in [3.05, 3.63) is 18.2 Å². The van der Waals surface area contributed by atoms with Gasteiger partial charge in [-0.25, -0.2) is 4.79 Å². The van der Waals surface area contributed by atoms with Gasteiger partial charge in [0.2, 0.25) is 5.91 Å². The number of anilines is 2. The quantitative estimate of drug-likeness (QED) is 0.666. The Morgan fingerprint density at radius 2 is 2.03 bits per heavy atom. The number of carbonyl (C=O) groups excluding carboxylic acids is 2. The predicted octanol–water partition coefficient (Wildman–Crippen LogP) is 2.07. The van der Waals surface area contributed by atoms with Gasteiger partial charge in [0.05, 0.1) is 32.6 Å². The normalized spacial score (nSPS) is 23.1. The Hall–Kier alpha value is -2.36. The molecule has 9 heteroatoms. The average Bonchev–Trinajstić information content (AvgIpc) is 3.35. The summed E-state index contributed by atoms with van der Waals surface area (Å²) in [6.45, 7) is 5.91. The lowest BCUT2D eigenvalue weighted by atomic mass is 9.97. The molecule has 3 aliphatic heterocycles. The SMILES string of the molecule is COc1ccc(NC(=O)NC[C@H]([C@@H]2CCOC2)N2CCOCC2)cc1N1CCCCC1=O. The zero-order valence-corrected chi connectivity index (χ0v) is 18.8. The summed E-state index contributed by atoms with van der Waals surface area (Å²) in [7, 11) is 1.59. The molecule has 176 valence electrons. The molecule has 3 amide bonds. The maximum Gasteiger partial charge on any atom is 0.319 e. The van der Waals surface area contributed by atoms with E-state index in [4.69, 9.17) is 14.2 Å². The summed E-state index contributed by atoms with van der Waals surface area (Å²) in [5.74, 6) is 1.12. The van der Waals surface area contributed by atoms with Gasteiger partial charge < -0.3 is 29.7 Å². The Balaban J connectivity index is 1.39. The van der Waals surface area contributed by atoms with E-state index in [1.165, 1.54) is 0 Å². The number of piperidine rings is 1. The van der Waals surface area contributed by atoms with E-state index in [1.807, 2.05) is 6.07 Å². The van der Waals surface area contributed by atoms with E-state index in [0.717, 1.165) is 58.8 Å². The average molecular weight is 447 g/mol. The molecule has 1 aromatic rings. The van der Waals surface area contributed by atoms with Crippen LogP contribution in [0.2, 0.25) is 0 Å². The first-order valence-corrected chi connectivity index (χ1v) is 11.6. The first kappa shape index (κ1) is 22.8. The van der Waals surface area contributed by atoms with E-state index in [0.29, 0.717) is 42.6 Å². The fourth-order valence-electron chi connectivity index (χ4n) is 4.77. The van der Waals surface area contributed by atoms with Crippen LogP contribution in [0.3, 0.4) is 0 Å². The van der Waals surface area contributed by atoms with Crippen LogP contribution in [-0.4, -0.2) is 82.6 Å². The minimum Gasteiger partial charge on any atom is -0.495 e. The Labute approximate surface area is 189 Å². The summed E-state index contributed by atoms with van der Waals surface area (Å²) in [4.78, 5) is 29.3. The van der Waals surface area contributed by atoms with Gasteiger partial charge in [0.25, 0.3) is 0 Å². The summed E-state index contributed by atoms with van der Waals surface area (Å²) < 4.78 is 16.6. The van der Waals surface area contributed by atoms with Crippen LogP contribution in [0.5, 0.6) is 5.75 Å². The monoisotopic (exact) mass is 446 g/mol. The highest BCUT2D eigenvalue weighted by Gasteiger charge is 2.32. The minimum atomic E-state index is -0.261. The first-order valence-electron chi connectivity index (χ1n) is 11.6. The van der Waals surface area contributed by atoms with E-state index in [1.54, 1.807) is 24.1 Å². The van der Waals surface area contributed by atoms with E-state index in [-0.39, 0.29) is 18.0 Å². The zero-order chi connectivity index (χ0) is 22.3. The third-order valence-corrected chi connectivity index (χ3v) is 6.55. The number of ether oxygens (including phenoxy) is 3. The van der Waals surface area contributed by atoms with Crippen LogP contribution in [-0.2, 0) is 14.3 Å². The topological polar surface area (TPSA) is 92.4 Å². The van der Waals surface area contributed by atoms with Crippen molar-refractivity contribution < 1.29 is 23.8 Å². The van der Waals surface area contributed by atoms with E-state index < -0.39 is 0 Å². The second-order valence-corrected chi connectivity index (χ2v) is 8.56. The molecule has 3 saturated heterocycles. The molecule has 2 atom stereocenters. The molecule has 0 radical (unpaired) electrons. The van der Waals surface area contributed by atoms with Crippen molar-refractivity contribution in [2.75, 3.05) is 69.9 Å². The molecule has 0 saturated carbocycles. The van der Waals surface area contributed by atoms with Crippen LogP contribution in [0, 0.1) is 5.92 Å². The van der Waals surface area contributed by atoms with Gasteiger partial charge in [-0.1, -0.05) is 0 Å². The molecular weight excluding hydrogens is 412 g/mol. The van der Waals surface area contributed by atoms with Crippen molar-refractivity contribution in [2.45, 2.75) is 31.7 Å². The summed E-state index contributed by atoms with van der Waals surface area (Å²) in [6, 6.07) is 5.36. The zero-order valence-electron chi connectivity index (χ0n) is 18.8. The van der Waals surface area contributed by atoms with Crippen LogP contribution < -0.4 is 20.3 Å². The minimum absolute atomic E-state index is 0.0864. The summed E-state index contributed by atoms with van der Waals surface area (Å²) in [5.41, 5.74) is 1.33. The third-order valence-electron chi connectivity index (χ3n) is 6.55. The second kappa shape index (κ2) is 11.0. The van der Waals surface area contributed by atoms with Gasteiger partial charge in [-0.2, -0.15) is 0 Å². The molecule has 32 heavy (non-hydrogen) atoms. The molecule has 1 aromatic carbocycles. The third kappa shape index (κ3) is 5.51. The van der Waals surface area contributed by atoms with Gasteiger partial charge in [0.15, 0.2) is 0 Å². The standard InChI is InChI=1S/C23H34N4O5/c1-30-21-6-5-18(14-19(21)27-8-3-2-4-22(27)28)25-23(29)24-15-20(17-7-11-32-16-17)26-9-12-31-13-10-26/h5-6,14,17,20H,2-4,7-13,15-16H2,1H3,(H2,24,25,29)/t17-,20-/m1/s1. The molecule has 4 rings (SSSR count). The maximum atomic E-state index is 12.7. The summed E-state index contributed by atoms with van der Waals surface area (Å²) in [6.07, 6.45) is 3.42. The molecule has 0 bridgehead atoms. The fourth-order valence-corrected chi connectivity index (χ4v) is 4.77. The second-order valence-electron chi connectivity index (χ2n) is 8.56. The van der Waals surface area contributed by atoms with Gasteiger partial charge in [0, 0.05) is 56.9 Å². The van der Waals surface area contributed by atoms with Gasteiger partial charge in [0.1, 0.15) is 5.75 Å². The van der Waals surface area contributed by atoms with Crippen LogP contribution in [0.15, 0.2) is 18.2 Å². The molecule has 0 spiro atoms. The van der Waals surface area contributed by atoms with Gasteiger partial charge in [-0.15, -0.1) is 0 Å². The largest absolute Gasteiger partial charge is 0.495 e. The van der Waals surface area contributed by atoms with Crippen LogP contribution in [0.25, 0.3) is 0 Å². The Bertz CT molecular complexity index is 793. The van der Waals surface area contributed by atoms with Gasteiger partial charge >= 0.3 is 6.03 Å². The van der Waals surface area contributed by atoms with Crippen molar-refractivity contribution in [2.24, 2.45) is 5.92 Å². The number of urea groups is 1. The molecule has 3 fully saturated rings. The van der Waals surface area contributed by atoms with E-state index >= 15 is 0 Å². The number of carbonyl (C=O) groups is 2. The van der Waals surface area contributed by atoms with Crippen molar-refractivity contribution in [1.29, 1.82) is 0 Å². The fraction of sp³-hybridized carbons (Fsp3) is 0.652. The number of benzene rings is 1. The molecular formula is C23H34N4O5. The van der Waals surface area contributed by atoms with Crippen LogP contribution in [0.4, 0.5) is 16.2 Å². The number of methoxy groups -OCH3 is 1. The van der Waals surface area contributed by atoms with Crippen molar-refractivity contribution in [3.8, 4) is 5.75 Å². The van der Waals surface area contributed by atoms with E-state index in [2.05, 4.69) is 15.5 Å². The first-order chi connectivity index (χ1) is 15.7. The highest BCUT2D eigenvalue weighted by Crippen LogP contribution is 2.33. The Kier molecular flexibility index (Phi) is 7.83. The van der Waals surface area contributed by atoms with Crippen molar-refractivity contribution in [3.63, 3.8) is 0 Å². The number of hydrogen-bond donors (Lipinski definition) is 2. The highest BCUT2D eigenvalue weighted by molar-refractivity contribution is 5.97. The summed E-state index contributed by atoms with van der Waals surface area (Å²) >= 11 is 0.